The molecule has 23 heavy (non-hydrogen) atoms. The van der Waals surface area contributed by atoms with Crippen molar-refractivity contribution in [3.8, 4) is 11.1 Å². The van der Waals surface area contributed by atoms with Crippen molar-refractivity contribution in [1.82, 2.24) is 0 Å². The number of hydrogen-bond donors (Lipinski definition) is 1. The summed E-state index contributed by atoms with van der Waals surface area (Å²) in [5.74, 6) is 0. The van der Waals surface area contributed by atoms with Gasteiger partial charge in [0.05, 0.1) is 0 Å². The van der Waals surface area contributed by atoms with Crippen LogP contribution in [0.15, 0.2) is 72.8 Å². The monoisotopic (exact) mass is 322 g/mol. The Bertz CT molecular complexity index is 827. The molecular formula is C20H19O2P. The molecule has 0 radical (unpaired) electrons. The Kier molecular flexibility index (Phi) is 4.76. The lowest BCUT2D eigenvalue weighted by atomic mass is 9.91. The van der Waals surface area contributed by atoms with Gasteiger partial charge in [0.15, 0.2) is 0 Å². The summed E-state index contributed by atoms with van der Waals surface area (Å²) < 4.78 is 11.9. The van der Waals surface area contributed by atoms with Gasteiger partial charge in [0.1, 0.15) is 0 Å². The maximum atomic E-state index is 11.9. The molecule has 1 N–H and O–H groups in total. The van der Waals surface area contributed by atoms with Gasteiger partial charge < -0.3 is 4.89 Å². The topological polar surface area (TPSA) is 37.3 Å². The lowest BCUT2D eigenvalue weighted by Gasteiger charge is -2.17. The van der Waals surface area contributed by atoms with E-state index in [2.05, 4.69) is 31.2 Å². The molecule has 0 amide bonds. The SMILES string of the molecule is Cc1ccc([PH](=O)O)c(Cc2ccccc2)c1-c1ccccc1. The van der Waals surface area contributed by atoms with Crippen LogP contribution in [-0.4, -0.2) is 4.89 Å². The van der Waals surface area contributed by atoms with E-state index in [0.29, 0.717) is 11.7 Å². The molecule has 0 heterocycles. The maximum absolute atomic E-state index is 11.9. The van der Waals surface area contributed by atoms with Crippen molar-refractivity contribution >= 4 is 13.3 Å². The van der Waals surface area contributed by atoms with Crippen molar-refractivity contribution in [3.05, 3.63) is 89.5 Å². The smallest absolute Gasteiger partial charge is 0.218 e. The third kappa shape index (κ3) is 3.44. The van der Waals surface area contributed by atoms with Gasteiger partial charge in [0, 0.05) is 5.30 Å². The first kappa shape index (κ1) is 15.7. The van der Waals surface area contributed by atoms with Crippen LogP contribution < -0.4 is 5.30 Å². The summed E-state index contributed by atoms with van der Waals surface area (Å²) in [5.41, 5.74) is 5.36. The summed E-state index contributed by atoms with van der Waals surface area (Å²) in [6.07, 6.45) is 0.652. The first-order valence-corrected chi connectivity index (χ1v) is 8.97. The lowest BCUT2D eigenvalue weighted by Crippen LogP contribution is -2.10. The van der Waals surface area contributed by atoms with Crippen molar-refractivity contribution in [2.24, 2.45) is 0 Å². The van der Waals surface area contributed by atoms with Crippen LogP contribution in [0.2, 0.25) is 0 Å². The normalized spacial score (nSPS) is 12.1. The van der Waals surface area contributed by atoms with Gasteiger partial charge in [-0.2, -0.15) is 0 Å². The molecule has 116 valence electrons. The minimum absolute atomic E-state index is 0.559. The van der Waals surface area contributed by atoms with Gasteiger partial charge in [-0.1, -0.05) is 66.7 Å². The van der Waals surface area contributed by atoms with Gasteiger partial charge in [-0.15, -0.1) is 0 Å². The number of aryl methyl sites for hydroxylation is 1. The molecule has 0 fully saturated rings. The van der Waals surface area contributed by atoms with Gasteiger partial charge >= 0.3 is 0 Å². The molecule has 0 saturated carbocycles. The quantitative estimate of drug-likeness (QED) is 0.725. The Hall–Kier alpha value is -2.15. The number of hydrogen-bond acceptors (Lipinski definition) is 1. The predicted molar refractivity (Wildman–Crippen MR) is 96.7 cm³/mol. The highest BCUT2D eigenvalue weighted by Gasteiger charge is 2.16. The molecule has 0 aliphatic rings. The molecule has 2 nitrogen and oxygen atoms in total. The van der Waals surface area contributed by atoms with Crippen LogP contribution in [0.5, 0.6) is 0 Å². The van der Waals surface area contributed by atoms with Crippen molar-refractivity contribution in [1.29, 1.82) is 0 Å². The fourth-order valence-corrected chi connectivity index (χ4v) is 3.65. The Morgan fingerprint density at radius 2 is 1.48 bits per heavy atom. The molecule has 0 saturated heterocycles. The minimum Gasteiger partial charge on any atom is -0.343 e. The predicted octanol–water partition coefficient (Wildman–Crippen LogP) is 4.35. The summed E-state index contributed by atoms with van der Waals surface area (Å²) in [6, 6.07) is 23.9. The van der Waals surface area contributed by atoms with Crippen LogP contribution >= 0.6 is 8.03 Å². The molecule has 0 aliphatic heterocycles. The second-order valence-electron chi connectivity index (χ2n) is 5.62. The fourth-order valence-electron chi connectivity index (χ4n) is 2.96. The van der Waals surface area contributed by atoms with E-state index in [9.17, 15) is 9.46 Å². The van der Waals surface area contributed by atoms with Crippen molar-refractivity contribution in [2.45, 2.75) is 13.3 Å². The van der Waals surface area contributed by atoms with Crippen LogP contribution in [0.4, 0.5) is 0 Å². The van der Waals surface area contributed by atoms with E-state index >= 15 is 0 Å². The average Bonchev–Trinajstić information content (AvgIpc) is 2.56. The van der Waals surface area contributed by atoms with E-state index in [1.165, 1.54) is 0 Å². The molecule has 3 aromatic carbocycles. The highest BCUT2D eigenvalue weighted by molar-refractivity contribution is 7.47. The van der Waals surface area contributed by atoms with Gasteiger partial charge in [0.25, 0.3) is 0 Å². The third-order valence-electron chi connectivity index (χ3n) is 4.04. The molecular weight excluding hydrogens is 303 g/mol. The van der Waals surface area contributed by atoms with Crippen LogP contribution in [0.1, 0.15) is 16.7 Å². The lowest BCUT2D eigenvalue weighted by molar-refractivity contribution is 0.513. The maximum Gasteiger partial charge on any atom is 0.218 e. The second kappa shape index (κ2) is 6.95. The van der Waals surface area contributed by atoms with Crippen LogP contribution in [-0.2, 0) is 11.0 Å². The largest absolute Gasteiger partial charge is 0.343 e. The Labute approximate surface area is 137 Å². The van der Waals surface area contributed by atoms with Gasteiger partial charge in [0.2, 0.25) is 8.03 Å². The zero-order valence-corrected chi connectivity index (χ0v) is 14.0. The fraction of sp³-hybridized carbons (Fsp3) is 0.100. The molecule has 3 aromatic rings. The van der Waals surface area contributed by atoms with E-state index in [0.717, 1.165) is 27.8 Å². The van der Waals surface area contributed by atoms with E-state index < -0.39 is 8.03 Å². The second-order valence-corrected chi connectivity index (χ2v) is 6.77. The zero-order valence-electron chi connectivity index (χ0n) is 13.0. The summed E-state index contributed by atoms with van der Waals surface area (Å²) in [4.78, 5) is 9.79. The van der Waals surface area contributed by atoms with E-state index in [-0.39, 0.29) is 0 Å². The van der Waals surface area contributed by atoms with Gasteiger partial charge in [-0.05, 0) is 47.2 Å². The van der Waals surface area contributed by atoms with Crippen LogP contribution in [0.25, 0.3) is 11.1 Å². The van der Waals surface area contributed by atoms with E-state index in [1.807, 2.05) is 42.5 Å². The third-order valence-corrected chi connectivity index (χ3v) is 4.97. The van der Waals surface area contributed by atoms with Crippen molar-refractivity contribution in [2.75, 3.05) is 0 Å². The first-order valence-electron chi connectivity index (χ1n) is 7.62. The molecule has 0 aromatic heterocycles. The summed E-state index contributed by atoms with van der Waals surface area (Å²) in [5, 5.41) is 0.559. The molecule has 3 heteroatoms. The standard InChI is InChI=1S/C20H19O2P/c1-15-12-13-19(23(21)22)18(14-16-8-4-2-5-9-16)20(15)17-10-6-3-7-11-17/h2-13,23H,14H2,1H3,(H,21,22). The van der Waals surface area contributed by atoms with E-state index in [4.69, 9.17) is 0 Å². The molecule has 1 unspecified atom stereocenters. The van der Waals surface area contributed by atoms with Crippen molar-refractivity contribution < 1.29 is 9.46 Å². The molecule has 0 spiro atoms. The van der Waals surface area contributed by atoms with Gasteiger partial charge in [-0.25, -0.2) is 0 Å². The molecule has 1 atom stereocenters. The summed E-state index contributed by atoms with van der Waals surface area (Å²) in [6.45, 7) is 2.05. The number of benzene rings is 3. The molecule has 0 bridgehead atoms. The first-order chi connectivity index (χ1) is 11.2. The Balaban J connectivity index is 2.21. The highest BCUT2D eigenvalue weighted by Crippen LogP contribution is 2.31. The highest BCUT2D eigenvalue weighted by atomic mass is 31.1. The zero-order chi connectivity index (χ0) is 16.2. The summed E-state index contributed by atoms with van der Waals surface area (Å²) >= 11 is 0. The number of rotatable bonds is 4. The Morgan fingerprint density at radius 3 is 2.09 bits per heavy atom. The average molecular weight is 322 g/mol. The molecule has 3 rings (SSSR count). The van der Waals surface area contributed by atoms with Crippen LogP contribution in [0, 0.1) is 6.92 Å². The molecule has 0 aliphatic carbocycles. The Morgan fingerprint density at radius 1 is 0.870 bits per heavy atom. The van der Waals surface area contributed by atoms with Crippen molar-refractivity contribution in [3.63, 3.8) is 0 Å². The minimum atomic E-state index is -2.76. The van der Waals surface area contributed by atoms with Gasteiger partial charge in [-0.3, -0.25) is 4.57 Å². The van der Waals surface area contributed by atoms with Crippen LogP contribution in [0.3, 0.4) is 0 Å². The van der Waals surface area contributed by atoms with E-state index in [1.54, 1.807) is 6.07 Å². The summed E-state index contributed by atoms with van der Waals surface area (Å²) in [7, 11) is -2.76.